The fourth-order valence-electron chi connectivity index (χ4n) is 2.57. The van der Waals surface area contributed by atoms with E-state index in [2.05, 4.69) is 37.9 Å². The molecule has 0 spiro atoms. The third-order valence-electron chi connectivity index (χ3n) is 3.97. The van der Waals surface area contributed by atoms with Crippen molar-refractivity contribution in [1.29, 1.82) is 0 Å². The van der Waals surface area contributed by atoms with E-state index in [0.29, 0.717) is 17.9 Å². The van der Waals surface area contributed by atoms with E-state index in [1.54, 1.807) is 0 Å². The average molecular weight is 413 g/mol. The number of tetrazole rings is 1. The molecule has 2 aromatic carbocycles. The number of aromatic nitrogens is 4. The molecule has 3 rings (SSSR count). The van der Waals surface area contributed by atoms with Gasteiger partial charge in [0.15, 0.2) is 0 Å². The molecule has 1 atom stereocenters. The molecule has 0 N–H and O–H groups in total. The SMILES string of the molecule is C=C(C(=O)OC)[C@@H](Cn1nnc(-c2ccc(Br)cc2)n1)c1ccccc1. The van der Waals surface area contributed by atoms with Crippen LogP contribution in [0.15, 0.2) is 71.2 Å². The maximum atomic E-state index is 12.0. The Bertz CT molecular complexity index is 907. The van der Waals surface area contributed by atoms with Crippen LogP contribution in [-0.4, -0.2) is 33.3 Å². The maximum Gasteiger partial charge on any atom is 0.333 e. The molecule has 7 heteroatoms. The fourth-order valence-corrected chi connectivity index (χ4v) is 2.84. The largest absolute Gasteiger partial charge is 0.466 e. The van der Waals surface area contributed by atoms with E-state index < -0.39 is 5.97 Å². The molecular formula is C19H17BrN4O2. The molecule has 0 aliphatic heterocycles. The Kier molecular flexibility index (Phi) is 5.58. The summed E-state index contributed by atoms with van der Waals surface area (Å²) < 4.78 is 5.81. The second-order valence-corrected chi connectivity index (χ2v) is 6.57. The van der Waals surface area contributed by atoms with Crippen LogP contribution < -0.4 is 0 Å². The Morgan fingerprint density at radius 3 is 2.54 bits per heavy atom. The molecule has 1 heterocycles. The van der Waals surface area contributed by atoms with Crippen LogP contribution in [0.25, 0.3) is 11.4 Å². The summed E-state index contributed by atoms with van der Waals surface area (Å²) >= 11 is 3.40. The van der Waals surface area contributed by atoms with Gasteiger partial charge < -0.3 is 4.74 Å². The summed E-state index contributed by atoms with van der Waals surface area (Å²) in [6, 6.07) is 17.3. The van der Waals surface area contributed by atoms with Crippen molar-refractivity contribution in [1.82, 2.24) is 20.2 Å². The zero-order valence-corrected chi connectivity index (χ0v) is 15.8. The Hall–Kier alpha value is -2.80. The Morgan fingerprint density at radius 2 is 1.88 bits per heavy atom. The molecule has 0 bridgehead atoms. The van der Waals surface area contributed by atoms with E-state index >= 15 is 0 Å². The van der Waals surface area contributed by atoms with Gasteiger partial charge in [0.25, 0.3) is 0 Å². The predicted octanol–water partition coefficient (Wildman–Crippen LogP) is 3.62. The van der Waals surface area contributed by atoms with Gasteiger partial charge in [-0.3, -0.25) is 0 Å². The number of rotatable bonds is 6. The number of methoxy groups -OCH3 is 1. The normalized spacial score (nSPS) is 11.8. The lowest BCUT2D eigenvalue weighted by Crippen LogP contribution is -2.19. The van der Waals surface area contributed by atoms with Gasteiger partial charge in [0.2, 0.25) is 5.82 Å². The van der Waals surface area contributed by atoms with Crippen molar-refractivity contribution in [3.63, 3.8) is 0 Å². The zero-order chi connectivity index (χ0) is 18.5. The molecule has 0 aliphatic rings. The molecule has 0 saturated carbocycles. The van der Waals surface area contributed by atoms with Crippen molar-refractivity contribution < 1.29 is 9.53 Å². The van der Waals surface area contributed by atoms with Crippen molar-refractivity contribution in [3.8, 4) is 11.4 Å². The van der Waals surface area contributed by atoms with Crippen LogP contribution in [0.2, 0.25) is 0 Å². The third kappa shape index (κ3) is 4.05. The quantitative estimate of drug-likeness (QED) is 0.456. The second kappa shape index (κ2) is 8.05. The summed E-state index contributed by atoms with van der Waals surface area (Å²) in [6.07, 6.45) is 0. The molecule has 0 unspecified atom stereocenters. The van der Waals surface area contributed by atoms with Crippen LogP contribution in [0.1, 0.15) is 11.5 Å². The lowest BCUT2D eigenvalue weighted by atomic mass is 9.92. The monoisotopic (exact) mass is 412 g/mol. The van der Waals surface area contributed by atoms with Crippen molar-refractivity contribution in [2.24, 2.45) is 0 Å². The molecule has 0 fully saturated rings. The molecule has 0 radical (unpaired) electrons. The highest BCUT2D eigenvalue weighted by Gasteiger charge is 2.23. The van der Waals surface area contributed by atoms with Crippen LogP contribution >= 0.6 is 15.9 Å². The summed E-state index contributed by atoms with van der Waals surface area (Å²) in [4.78, 5) is 13.5. The van der Waals surface area contributed by atoms with Gasteiger partial charge in [0.1, 0.15) is 0 Å². The van der Waals surface area contributed by atoms with Crippen LogP contribution in [0.4, 0.5) is 0 Å². The molecule has 132 valence electrons. The number of hydrogen-bond acceptors (Lipinski definition) is 5. The lowest BCUT2D eigenvalue weighted by molar-refractivity contribution is -0.136. The van der Waals surface area contributed by atoms with Gasteiger partial charge in [0.05, 0.1) is 13.7 Å². The number of halogens is 1. The van der Waals surface area contributed by atoms with Gasteiger partial charge in [-0.2, -0.15) is 4.80 Å². The Balaban J connectivity index is 1.86. The van der Waals surface area contributed by atoms with Gasteiger partial charge in [-0.1, -0.05) is 52.8 Å². The van der Waals surface area contributed by atoms with Crippen molar-refractivity contribution in [3.05, 3.63) is 76.8 Å². The molecule has 0 aliphatic carbocycles. The van der Waals surface area contributed by atoms with E-state index in [1.807, 2.05) is 54.6 Å². The smallest absolute Gasteiger partial charge is 0.333 e. The van der Waals surface area contributed by atoms with E-state index in [-0.39, 0.29) is 5.92 Å². The maximum absolute atomic E-state index is 12.0. The first kappa shape index (κ1) is 18.0. The lowest BCUT2D eigenvalue weighted by Gasteiger charge is -2.17. The first-order valence-corrected chi connectivity index (χ1v) is 8.73. The van der Waals surface area contributed by atoms with Gasteiger partial charge in [-0.05, 0) is 35.0 Å². The summed E-state index contributed by atoms with van der Waals surface area (Å²) in [5, 5.41) is 12.7. The van der Waals surface area contributed by atoms with Crippen molar-refractivity contribution >= 4 is 21.9 Å². The highest BCUT2D eigenvalue weighted by molar-refractivity contribution is 9.10. The van der Waals surface area contributed by atoms with Gasteiger partial charge in [-0.25, -0.2) is 4.79 Å². The third-order valence-corrected chi connectivity index (χ3v) is 4.50. The van der Waals surface area contributed by atoms with Gasteiger partial charge in [0, 0.05) is 21.5 Å². The topological polar surface area (TPSA) is 69.9 Å². The first-order chi connectivity index (χ1) is 12.6. The van der Waals surface area contributed by atoms with Crippen LogP contribution in [0.5, 0.6) is 0 Å². The molecular weight excluding hydrogens is 396 g/mol. The number of ether oxygens (including phenoxy) is 1. The second-order valence-electron chi connectivity index (χ2n) is 5.65. The predicted molar refractivity (Wildman–Crippen MR) is 101 cm³/mol. The van der Waals surface area contributed by atoms with Crippen LogP contribution in [-0.2, 0) is 16.1 Å². The number of carbonyl (C=O) groups is 1. The summed E-state index contributed by atoms with van der Waals surface area (Å²) in [5.41, 5.74) is 2.15. The highest BCUT2D eigenvalue weighted by Crippen LogP contribution is 2.26. The highest BCUT2D eigenvalue weighted by atomic mass is 79.9. The minimum Gasteiger partial charge on any atom is -0.466 e. The van der Waals surface area contributed by atoms with Gasteiger partial charge in [-0.15, -0.1) is 10.2 Å². The van der Waals surface area contributed by atoms with E-state index in [0.717, 1.165) is 15.6 Å². The number of carbonyl (C=O) groups excluding carboxylic acids is 1. The number of hydrogen-bond donors (Lipinski definition) is 0. The minimum atomic E-state index is -0.452. The van der Waals surface area contributed by atoms with Crippen LogP contribution in [0.3, 0.4) is 0 Å². The number of esters is 1. The first-order valence-electron chi connectivity index (χ1n) is 7.94. The summed E-state index contributed by atoms with van der Waals surface area (Å²) in [6.45, 7) is 4.24. The zero-order valence-electron chi connectivity index (χ0n) is 14.2. The van der Waals surface area contributed by atoms with Crippen molar-refractivity contribution in [2.45, 2.75) is 12.5 Å². The van der Waals surface area contributed by atoms with E-state index in [4.69, 9.17) is 4.74 Å². The molecule has 3 aromatic rings. The van der Waals surface area contributed by atoms with E-state index in [9.17, 15) is 4.79 Å². The number of benzene rings is 2. The van der Waals surface area contributed by atoms with Gasteiger partial charge >= 0.3 is 5.97 Å². The summed E-state index contributed by atoms with van der Waals surface area (Å²) in [7, 11) is 1.34. The molecule has 0 amide bonds. The average Bonchev–Trinajstić information content (AvgIpc) is 3.15. The Labute approximate surface area is 159 Å². The van der Waals surface area contributed by atoms with E-state index in [1.165, 1.54) is 11.9 Å². The molecule has 1 aromatic heterocycles. The Morgan fingerprint density at radius 1 is 1.19 bits per heavy atom. The molecule has 26 heavy (non-hydrogen) atoms. The molecule has 0 saturated heterocycles. The minimum absolute atomic E-state index is 0.310. The fraction of sp³-hybridized carbons (Fsp3) is 0.158. The summed E-state index contributed by atoms with van der Waals surface area (Å²) in [5.74, 6) is -0.240. The molecule has 6 nitrogen and oxygen atoms in total. The van der Waals surface area contributed by atoms with Crippen molar-refractivity contribution in [2.75, 3.05) is 7.11 Å². The number of nitrogens with zero attached hydrogens (tertiary/aromatic N) is 4. The standard InChI is InChI=1S/C19H17BrN4O2/c1-13(19(25)26-2)17(14-6-4-3-5-7-14)12-24-22-18(21-23-24)15-8-10-16(20)11-9-15/h3-11,17H,1,12H2,2H3/t17-/m1/s1. The van der Waals surface area contributed by atoms with Crippen LogP contribution in [0, 0.1) is 0 Å².